The molecule has 1 aromatic heterocycles. The van der Waals surface area contributed by atoms with Gasteiger partial charge in [-0.2, -0.15) is 0 Å². The van der Waals surface area contributed by atoms with Crippen LogP contribution in [0.15, 0.2) is 36.4 Å². The van der Waals surface area contributed by atoms with Crippen LogP contribution >= 0.6 is 11.6 Å². The van der Waals surface area contributed by atoms with Crippen LogP contribution in [0.1, 0.15) is 16.7 Å². The SMILES string of the molecule is COc1cc(CNn2nnnc2N)cc(Cl)c1OCc1ccc(C)cc1. The van der Waals surface area contributed by atoms with Crippen molar-refractivity contribution < 1.29 is 9.47 Å². The summed E-state index contributed by atoms with van der Waals surface area (Å²) in [6.45, 7) is 2.85. The summed E-state index contributed by atoms with van der Waals surface area (Å²) in [5.74, 6) is 1.22. The minimum Gasteiger partial charge on any atom is -0.493 e. The Morgan fingerprint density at radius 2 is 1.96 bits per heavy atom. The average molecular weight is 375 g/mol. The molecule has 1 heterocycles. The van der Waals surface area contributed by atoms with Gasteiger partial charge in [0, 0.05) is 0 Å². The highest BCUT2D eigenvalue weighted by atomic mass is 35.5. The maximum Gasteiger partial charge on any atom is 0.260 e. The number of anilines is 1. The van der Waals surface area contributed by atoms with E-state index in [4.69, 9.17) is 26.8 Å². The Morgan fingerprint density at radius 1 is 1.19 bits per heavy atom. The summed E-state index contributed by atoms with van der Waals surface area (Å²) in [6, 6.07) is 11.7. The zero-order valence-electron chi connectivity index (χ0n) is 14.4. The fourth-order valence-corrected chi connectivity index (χ4v) is 2.62. The maximum atomic E-state index is 6.39. The predicted octanol–water partition coefficient (Wildman–Crippen LogP) is 2.55. The molecule has 136 valence electrons. The van der Waals surface area contributed by atoms with Gasteiger partial charge in [-0.3, -0.25) is 0 Å². The summed E-state index contributed by atoms with van der Waals surface area (Å²) >= 11 is 6.39. The molecule has 0 radical (unpaired) electrons. The van der Waals surface area contributed by atoms with E-state index >= 15 is 0 Å². The smallest absolute Gasteiger partial charge is 0.260 e. The lowest BCUT2D eigenvalue weighted by Crippen LogP contribution is -2.18. The molecule has 3 N–H and O–H groups in total. The second-order valence-corrected chi connectivity index (χ2v) is 6.07. The first-order valence-corrected chi connectivity index (χ1v) is 8.27. The number of nitrogens with zero attached hydrogens (tertiary/aromatic N) is 4. The highest BCUT2D eigenvalue weighted by molar-refractivity contribution is 6.32. The monoisotopic (exact) mass is 374 g/mol. The molecule has 0 bridgehead atoms. The van der Waals surface area contributed by atoms with Crippen LogP contribution in [0.5, 0.6) is 11.5 Å². The third-order valence-electron chi connectivity index (χ3n) is 3.72. The second-order valence-electron chi connectivity index (χ2n) is 5.67. The number of halogens is 1. The van der Waals surface area contributed by atoms with Gasteiger partial charge in [0.1, 0.15) is 6.61 Å². The lowest BCUT2D eigenvalue weighted by Gasteiger charge is -2.15. The second kappa shape index (κ2) is 7.92. The first-order valence-electron chi connectivity index (χ1n) is 7.89. The highest BCUT2D eigenvalue weighted by Gasteiger charge is 2.13. The van der Waals surface area contributed by atoms with Crippen molar-refractivity contribution in [3.05, 3.63) is 58.1 Å². The van der Waals surface area contributed by atoms with Gasteiger partial charge in [-0.05, 0) is 40.6 Å². The van der Waals surface area contributed by atoms with Gasteiger partial charge in [-0.25, -0.2) is 0 Å². The van der Waals surface area contributed by atoms with Crippen molar-refractivity contribution in [1.82, 2.24) is 20.3 Å². The van der Waals surface area contributed by atoms with Crippen LogP contribution in [-0.2, 0) is 13.2 Å². The van der Waals surface area contributed by atoms with Crippen molar-refractivity contribution in [3.8, 4) is 11.5 Å². The first-order chi connectivity index (χ1) is 12.6. The third-order valence-corrected chi connectivity index (χ3v) is 4.00. The van der Waals surface area contributed by atoms with Crippen molar-refractivity contribution in [1.29, 1.82) is 0 Å². The molecule has 9 heteroatoms. The summed E-state index contributed by atoms with van der Waals surface area (Å²) in [6.07, 6.45) is 0. The van der Waals surface area contributed by atoms with E-state index in [9.17, 15) is 0 Å². The Hall–Kier alpha value is -3.00. The molecule has 0 aliphatic heterocycles. The quantitative estimate of drug-likeness (QED) is 0.655. The number of rotatable bonds is 7. The third kappa shape index (κ3) is 4.15. The fourth-order valence-electron chi connectivity index (χ4n) is 2.33. The van der Waals surface area contributed by atoms with E-state index in [1.807, 2.05) is 37.3 Å². The van der Waals surface area contributed by atoms with E-state index in [1.165, 1.54) is 10.4 Å². The molecule has 0 spiro atoms. The number of aromatic nitrogens is 4. The number of benzene rings is 2. The van der Waals surface area contributed by atoms with E-state index in [-0.39, 0.29) is 5.95 Å². The van der Waals surface area contributed by atoms with Gasteiger partial charge >= 0.3 is 0 Å². The number of hydrogen-bond donors (Lipinski definition) is 2. The molecule has 0 aliphatic carbocycles. The number of ether oxygens (including phenoxy) is 2. The topological polar surface area (TPSA) is 100 Å². The van der Waals surface area contributed by atoms with Gasteiger partial charge in [0.15, 0.2) is 11.5 Å². The summed E-state index contributed by atoms with van der Waals surface area (Å²) in [4.78, 5) is 1.28. The number of nitrogen functional groups attached to an aromatic ring is 1. The maximum absolute atomic E-state index is 6.39. The zero-order valence-corrected chi connectivity index (χ0v) is 15.2. The van der Waals surface area contributed by atoms with E-state index in [0.29, 0.717) is 29.7 Å². The van der Waals surface area contributed by atoms with Crippen molar-refractivity contribution in [2.75, 3.05) is 18.3 Å². The van der Waals surface area contributed by atoms with Crippen LogP contribution in [0, 0.1) is 6.92 Å². The standard InChI is InChI=1S/C17H19ClN6O2/c1-11-3-5-12(6-4-11)10-26-16-14(18)7-13(8-15(16)25-2)9-20-24-17(19)21-22-23-24/h3-8,20H,9-10H2,1-2H3,(H2,19,21,23). The number of nitrogens with one attached hydrogen (secondary N) is 1. The summed E-state index contributed by atoms with van der Waals surface area (Å²) in [7, 11) is 1.57. The van der Waals surface area contributed by atoms with E-state index < -0.39 is 0 Å². The lowest BCUT2D eigenvalue weighted by molar-refractivity contribution is 0.284. The van der Waals surface area contributed by atoms with Gasteiger partial charge in [0.25, 0.3) is 5.95 Å². The Kier molecular flexibility index (Phi) is 5.43. The van der Waals surface area contributed by atoms with Crippen LogP contribution in [0.2, 0.25) is 5.02 Å². The molecule has 26 heavy (non-hydrogen) atoms. The Morgan fingerprint density at radius 3 is 2.62 bits per heavy atom. The minimum absolute atomic E-state index is 0.168. The zero-order chi connectivity index (χ0) is 18.5. The van der Waals surface area contributed by atoms with Crippen LogP contribution in [0.3, 0.4) is 0 Å². The van der Waals surface area contributed by atoms with Crippen LogP contribution < -0.4 is 20.6 Å². The van der Waals surface area contributed by atoms with Gasteiger partial charge in [-0.15, -0.1) is 4.79 Å². The Labute approximate surface area is 155 Å². The van der Waals surface area contributed by atoms with Crippen LogP contribution in [-0.4, -0.2) is 27.4 Å². The van der Waals surface area contributed by atoms with Gasteiger partial charge in [0.2, 0.25) is 0 Å². The molecular formula is C17H19ClN6O2. The molecular weight excluding hydrogens is 356 g/mol. The molecule has 0 amide bonds. The molecule has 0 saturated heterocycles. The molecule has 3 rings (SSSR count). The largest absolute Gasteiger partial charge is 0.493 e. The molecule has 8 nitrogen and oxygen atoms in total. The molecule has 0 unspecified atom stereocenters. The number of methoxy groups -OCH3 is 1. The predicted molar refractivity (Wildman–Crippen MR) is 98.8 cm³/mol. The Bertz CT molecular complexity index is 881. The van der Waals surface area contributed by atoms with Gasteiger partial charge < -0.3 is 20.6 Å². The van der Waals surface area contributed by atoms with Gasteiger partial charge in [0.05, 0.1) is 18.7 Å². The number of nitrogens with two attached hydrogens (primary N) is 1. The number of hydrogen-bond acceptors (Lipinski definition) is 7. The van der Waals surface area contributed by atoms with Crippen molar-refractivity contribution in [2.24, 2.45) is 0 Å². The minimum atomic E-state index is 0.168. The van der Waals surface area contributed by atoms with Crippen LogP contribution in [0.25, 0.3) is 0 Å². The molecule has 0 atom stereocenters. The van der Waals surface area contributed by atoms with Gasteiger partial charge in [-0.1, -0.05) is 46.5 Å². The number of aryl methyl sites for hydroxylation is 1. The number of tetrazole rings is 1. The average Bonchev–Trinajstić information content (AvgIpc) is 3.05. The molecule has 0 saturated carbocycles. The van der Waals surface area contributed by atoms with E-state index in [0.717, 1.165) is 11.1 Å². The fraction of sp³-hybridized carbons (Fsp3) is 0.235. The van der Waals surface area contributed by atoms with E-state index in [1.54, 1.807) is 13.2 Å². The highest BCUT2D eigenvalue weighted by Crippen LogP contribution is 2.37. The first kappa shape index (κ1) is 17.8. The lowest BCUT2D eigenvalue weighted by atomic mass is 10.1. The molecule has 0 aliphatic rings. The molecule has 2 aromatic carbocycles. The van der Waals surface area contributed by atoms with E-state index in [2.05, 4.69) is 21.0 Å². The van der Waals surface area contributed by atoms with Crippen LogP contribution in [0.4, 0.5) is 5.95 Å². The summed E-state index contributed by atoms with van der Waals surface area (Å²) < 4.78 is 11.3. The summed E-state index contributed by atoms with van der Waals surface area (Å²) in [5.41, 5.74) is 11.7. The summed E-state index contributed by atoms with van der Waals surface area (Å²) in [5, 5.41) is 11.2. The van der Waals surface area contributed by atoms with Crippen molar-refractivity contribution >= 4 is 17.5 Å². The normalized spacial score (nSPS) is 10.6. The Balaban J connectivity index is 1.72. The van der Waals surface area contributed by atoms with Crippen molar-refractivity contribution in [2.45, 2.75) is 20.1 Å². The molecule has 3 aromatic rings. The van der Waals surface area contributed by atoms with Crippen molar-refractivity contribution in [3.63, 3.8) is 0 Å². The molecule has 0 fully saturated rings.